The lowest BCUT2D eigenvalue weighted by Gasteiger charge is -2.39. The number of nitrogens with zero attached hydrogens (tertiary/aromatic N) is 6. The third-order valence-corrected chi connectivity index (χ3v) is 10.4. The van der Waals surface area contributed by atoms with Gasteiger partial charge in [0, 0.05) is 36.0 Å². The number of halogens is 4. The van der Waals surface area contributed by atoms with Crippen LogP contribution in [0.5, 0.6) is 0 Å². The highest BCUT2D eigenvalue weighted by atomic mass is 35.5. The zero-order valence-electron chi connectivity index (χ0n) is 29.3. The summed E-state index contributed by atoms with van der Waals surface area (Å²) in [6.45, 7) is 4.80. The maximum absolute atomic E-state index is 14.5. The first kappa shape index (κ1) is 37.0. The van der Waals surface area contributed by atoms with E-state index in [2.05, 4.69) is 20.7 Å². The Hall–Kier alpha value is -5.29. The van der Waals surface area contributed by atoms with Gasteiger partial charge in [0.2, 0.25) is 11.7 Å². The number of hydrogen-bond donors (Lipinski definition) is 2. The highest BCUT2D eigenvalue weighted by molar-refractivity contribution is 6.33. The average Bonchev–Trinajstić information content (AvgIpc) is 3.71. The van der Waals surface area contributed by atoms with Crippen LogP contribution in [-0.4, -0.2) is 79.9 Å². The van der Waals surface area contributed by atoms with E-state index in [0.29, 0.717) is 56.0 Å². The van der Waals surface area contributed by atoms with Crippen molar-refractivity contribution in [3.63, 3.8) is 0 Å². The van der Waals surface area contributed by atoms with E-state index in [0.717, 1.165) is 23.8 Å². The Bertz CT molecular complexity index is 2250. The quantitative estimate of drug-likeness (QED) is 0.242. The summed E-state index contributed by atoms with van der Waals surface area (Å²) in [5.74, 6) is -0.746. The molecule has 3 aliphatic rings. The lowest BCUT2D eigenvalue weighted by atomic mass is 9.73. The average molecular weight is 769 g/mol. The summed E-state index contributed by atoms with van der Waals surface area (Å²) in [4.78, 5) is 64.6. The molecule has 1 unspecified atom stereocenters. The van der Waals surface area contributed by atoms with Crippen LogP contribution < -0.4 is 16.2 Å². The van der Waals surface area contributed by atoms with E-state index in [1.165, 1.54) is 10.7 Å². The van der Waals surface area contributed by atoms with E-state index in [9.17, 15) is 32.3 Å². The molecular weight excluding hydrogens is 733 g/mol. The zero-order chi connectivity index (χ0) is 38.4. The SMILES string of the molecule is CCOC(=O)Nc1cccnc1C(=O)N1CCC2(CC1)CC(C)c1c2c(=O)n2nc(C3=CCOCC3)nc2n1CC(=O)Nc1ccc(C(F)(F)F)cc1Cl. The molecule has 3 aromatic heterocycles. The van der Waals surface area contributed by atoms with Gasteiger partial charge in [0.1, 0.15) is 6.54 Å². The second-order valence-corrected chi connectivity index (χ2v) is 13.9. The van der Waals surface area contributed by atoms with Gasteiger partial charge in [0.25, 0.3) is 11.5 Å². The summed E-state index contributed by atoms with van der Waals surface area (Å²) >= 11 is 6.16. The first-order chi connectivity index (χ1) is 25.8. The lowest BCUT2D eigenvalue weighted by molar-refractivity contribution is -0.137. The smallest absolute Gasteiger partial charge is 0.416 e. The normalized spacial score (nSPS) is 18.0. The number of benzene rings is 1. The van der Waals surface area contributed by atoms with Crippen molar-refractivity contribution >= 4 is 52.2 Å². The van der Waals surface area contributed by atoms with E-state index >= 15 is 0 Å². The maximum atomic E-state index is 14.5. The molecule has 0 bridgehead atoms. The number of amides is 3. The van der Waals surface area contributed by atoms with Crippen LogP contribution in [0, 0.1) is 0 Å². The second kappa shape index (κ2) is 14.5. The number of aromatic nitrogens is 5. The van der Waals surface area contributed by atoms with Crippen molar-refractivity contribution in [1.82, 2.24) is 29.0 Å². The van der Waals surface area contributed by atoms with Gasteiger partial charge >= 0.3 is 12.3 Å². The number of fused-ring (bicyclic) bond motifs is 3. The number of piperidine rings is 1. The fourth-order valence-electron chi connectivity index (χ4n) is 7.71. The molecule has 54 heavy (non-hydrogen) atoms. The number of rotatable bonds is 7. The van der Waals surface area contributed by atoms with Crippen LogP contribution in [0.4, 0.5) is 29.3 Å². The molecule has 3 amide bonds. The summed E-state index contributed by atoms with van der Waals surface area (Å²) in [6.07, 6.45) is -0.116. The number of alkyl halides is 3. The van der Waals surface area contributed by atoms with Gasteiger partial charge in [-0.2, -0.15) is 22.7 Å². The third-order valence-electron chi connectivity index (χ3n) is 10.1. The van der Waals surface area contributed by atoms with E-state index in [-0.39, 0.29) is 71.5 Å². The molecule has 1 atom stereocenters. The monoisotopic (exact) mass is 768 g/mol. The Labute approximate surface area is 311 Å². The molecule has 1 saturated heterocycles. The molecule has 2 N–H and O–H groups in total. The van der Waals surface area contributed by atoms with Crippen LogP contribution in [0.15, 0.2) is 47.4 Å². The lowest BCUT2D eigenvalue weighted by Crippen LogP contribution is -2.47. The predicted molar refractivity (Wildman–Crippen MR) is 190 cm³/mol. The Morgan fingerprint density at radius 2 is 1.91 bits per heavy atom. The van der Waals surface area contributed by atoms with Gasteiger partial charge in [-0.05, 0) is 74.4 Å². The van der Waals surface area contributed by atoms with E-state index in [1.54, 1.807) is 28.5 Å². The number of carbonyl (C=O) groups is 3. The molecule has 2 aliphatic heterocycles. The summed E-state index contributed by atoms with van der Waals surface area (Å²) < 4.78 is 53.1. The second-order valence-electron chi connectivity index (χ2n) is 13.5. The van der Waals surface area contributed by atoms with E-state index < -0.39 is 29.2 Å². The minimum Gasteiger partial charge on any atom is -0.450 e. The van der Waals surface area contributed by atoms with Crippen LogP contribution in [0.3, 0.4) is 0 Å². The van der Waals surface area contributed by atoms with Crippen molar-refractivity contribution in [2.75, 3.05) is 43.5 Å². The van der Waals surface area contributed by atoms with Gasteiger partial charge in [-0.1, -0.05) is 24.6 Å². The molecule has 284 valence electrons. The molecule has 4 aromatic rings. The Morgan fingerprint density at radius 3 is 2.59 bits per heavy atom. The topological polar surface area (TPSA) is 162 Å². The number of hydrogen-bond acceptors (Lipinski definition) is 9. The van der Waals surface area contributed by atoms with Crippen molar-refractivity contribution in [2.24, 2.45) is 0 Å². The molecule has 1 spiro atoms. The Kier molecular flexibility index (Phi) is 9.95. The summed E-state index contributed by atoms with van der Waals surface area (Å²) in [7, 11) is 0. The first-order valence-corrected chi connectivity index (χ1v) is 17.8. The molecule has 18 heteroatoms. The zero-order valence-corrected chi connectivity index (χ0v) is 30.1. The first-order valence-electron chi connectivity index (χ1n) is 17.5. The van der Waals surface area contributed by atoms with Gasteiger partial charge in [0.15, 0.2) is 11.5 Å². The number of ether oxygens (including phenoxy) is 2. The standard InChI is InChI=1S/C36H36ClF3N8O6/c1-3-54-34(52)43-25-5-4-12-41-28(25)32(51)46-13-10-35(11-14-46)18-20(2)29-27(35)31(50)48-33(44-30(45-48)21-8-15-53-16-9-21)47(29)19-26(49)42-24-7-6-22(17-23(24)37)36(38,39)40/h4-8,12,17,20H,3,9-11,13-16,18-19H2,1-2H3,(H,42,49)(H,43,52). The molecule has 0 saturated carbocycles. The van der Waals surface area contributed by atoms with Crippen molar-refractivity contribution in [3.05, 3.63) is 86.3 Å². The van der Waals surface area contributed by atoms with Gasteiger partial charge < -0.3 is 24.3 Å². The largest absolute Gasteiger partial charge is 0.450 e. The van der Waals surface area contributed by atoms with Crippen LogP contribution in [-0.2, 0) is 32.4 Å². The van der Waals surface area contributed by atoms with Crippen LogP contribution in [0.1, 0.15) is 78.6 Å². The molecule has 1 aliphatic carbocycles. The molecule has 1 fully saturated rings. The van der Waals surface area contributed by atoms with Gasteiger partial charge in [-0.25, -0.2) is 9.78 Å². The Balaban J connectivity index is 1.22. The van der Waals surface area contributed by atoms with Crippen molar-refractivity contribution < 1.29 is 37.0 Å². The molecule has 1 aromatic carbocycles. The van der Waals surface area contributed by atoms with Crippen molar-refractivity contribution in [2.45, 2.75) is 63.6 Å². The maximum Gasteiger partial charge on any atom is 0.416 e. The van der Waals surface area contributed by atoms with E-state index in [4.69, 9.17) is 26.1 Å². The minimum absolute atomic E-state index is 0.00651. The molecule has 0 radical (unpaired) electrons. The minimum atomic E-state index is -4.61. The summed E-state index contributed by atoms with van der Waals surface area (Å²) in [6, 6.07) is 5.83. The number of anilines is 2. The van der Waals surface area contributed by atoms with Gasteiger partial charge in [-0.15, -0.1) is 5.10 Å². The fraction of sp³-hybridized carbons (Fsp3) is 0.417. The van der Waals surface area contributed by atoms with Gasteiger partial charge in [-0.3, -0.25) is 19.7 Å². The Morgan fingerprint density at radius 1 is 1.13 bits per heavy atom. The van der Waals surface area contributed by atoms with Crippen LogP contribution in [0.25, 0.3) is 11.4 Å². The highest BCUT2D eigenvalue weighted by Gasteiger charge is 2.49. The van der Waals surface area contributed by atoms with Crippen LogP contribution in [0.2, 0.25) is 5.02 Å². The van der Waals surface area contributed by atoms with Gasteiger partial charge in [0.05, 0.1) is 41.8 Å². The molecule has 7 rings (SSSR count). The number of carbonyl (C=O) groups excluding carboxylic acids is 3. The van der Waals surface area contributed by atoms with Crippen LogP contribution >= 0.6 is 11.6 Å². The van der Waals surface area contributed by atoms with E-state index in [1.807, 2.05) is 13.0 Å². The molecule has 14 nitrogen and oxygen atoms in total. The van der Waals surface area contributed by atoms with Crippen molar-refractivity contribution in [1.29, 1.82) is 0 Å². The number of likely N-dealkylation sites (tertiary alicyclic amines) is 1. The number of nitrogens with one attached hydrogen (secondary N) is 2. The van der Waals surface area contributed by atoms with Crippen molar-refractivity contribution in [3.8, 4) is 0 Å². The predicted octanol–water partition coefficient (Wildman–Crippen LogP) is 5.65. The third kappa shape index (κ3) is 6.93. The summed E-state index contributed by atoms with van der Waals surface area (Å²) in [5, 5.41) is 9.52. The highest BCUT2D eigenvalue weighted by Crippen LogP contribution is 2.50. The summed E-state index contributed by atoms with van der Waals surface area (Å²) in [5.41, 5.74) is 0.137. The molecule has 5 heterocycles. The molecular formula is C36H36ClF3N8O6. The number of pyridine rings is 1. The fourth-order valence-corrected chi connectivity index (χ4v) is 7.94.